The Labute approximate surface area is 142 Å². The average Bonchev–Trinajstić information content (AvgIpc) is 3.35. The summed E-state index contributed by atoms with van der Waals surface area (Å²) in [4.78, 5) is 22.0. The van der Waals surface area contributed by atoms with Crippen molar-refractivity contribution in [2.75, 3.05) is 11.4 Å². The molecule has 0 spiro atoms. The van der Waals surface area contributed by atoms with E-state index in [1.165, 1.54) is 24.5 Å². The summed E-state index contributed by atoms with van der Waals surface area (Å²) in [5.41, 5.74) is 2.99. The number of nitrogens with zero attached hydrogens (tertiary/aromatic N) is 3. The van der Waals surface area contributed by atoms with Crippen molar-refractivity contribution in [3.8, 4) is 0 Å². The molecule has 4 aliphatic rings. The van der Waals surface area contributed by atoms with Crippen LogP contribution in [0.5, 0.6) is 0 Å². The van der Waals surface area contributed by atoms with Gasteiger partial charge in [-0.15, -0.1) is 0 Å². The number of piperidine rings is 1. The third kappa shape index (κ3) is 2.01. The Bertz CT molecular complexity index is 837. The molecule has 3 heterocycles. The summed E-state index contributed by atoms with van der Waals surface area (Å²) in [7, 11) is 0. The van der Waals surface area contributed by atoms with Crippen molar-refractivity contribution in [3.63, 3.8) is 0 Å². The van der Waals surface area contributed by atoms with Crippen LogP contribution in [-0.2, 0) is 6.54 Å². The zero-order valence-corrected chi connectivity index (χ0v) is 13.2. The molecule has 7 nitrogen and oxygen atoms in total. The average molecular weight is 341 g/mol. The van der Waals surface area contributed by atoms with Crippen molar-refractivity contribution >= 4 is 11.9 Å². The summed E-state index contributed by atoms with van der Waals surface area (Å²) in [6.45, 7) is 1.62. The number of carbonyl (C=O) groups is 1. The summed E-state index contributed by atoms with van der Waals surface area (Å²) in [6, 6.07) is 6.93. The van der Waals surface area contributed by atoms with Crippen LogP contribution in [0.15, 0.2) is 36.7 Å². The van der Waals surface area contributed by atoms with Gasteiger partial charge in [0.2, 0.25) is 5.95 Å². The van der Waals surface area contributed by atoms with Gasteiger partial charge in [-0.2, -0.15) is 0 Å². The molecule has 4 atom stereocenters. The highest BCUT2D eigenvalue weighted by molar-refractivity contribution is 5.92. The van der Waals surface area contributed by atoms with Crippen LogP contribution in [0.4, 0.5) is 10.3 Å². The van der Waals surface area contributed by atoms with E-state index in [4.69, 9.17) is 5.21 Å². The number of nitrogens with one attached hydrogen (secondary N) is 2. The molecule has 2 aliphatic carbocycles. The maximum Gasteiger partial charge on any atom is 0.277 e. The van der Waals surface area contributed by atoms with Gasteiger partial charge in [-0.1, -0.05) is 12.1 Å². The maximum atomic E-state index is 13.0. The Balaban J connectivity index is 1.25. The molecule has 4 unspecified atom stereocenters. The Morgan fingerprint density at radius 3 is 2.68 bits per heavy atom. The molecule has 2 bridgehead atoms. The highest BCUT2D eigenvalue weighted by Gasteiger charge is 2.92. The standard InChI is InChI=1S/C17H16FN5O2/c18-11-3-1-9(2-4-11)5-21-17-12-8-23(14(17)13(12)17)16-19-6-10(7-20-16)15(24)22-25/h1-4,6-7,12-14,21,25H,5,8H2,(H,22,24). The van der Waals surface area contributed by atoms with Gasteiger partial charge in [-0.3, -0.25) is 10.0 Å². The van der Waals surface area contributed by atoms with Gasteiger partial charge in [0.25, 0.3) is 5.91 Å². The van der Waals surface area contributed by atoms with E-state index in [0.717, 1.165) is 12.1 Å². The molecule has 128 valence electrons. The normalized spacial score (nSPS) is 30.8. The lowest BCUT2D eigenvalue weighted by molar-refractivity contribution is 0.0705. The van der Waals surface area contributed by atoms with E-state index in [2.05, 4.69) is 20.2 Å². The fraction of sp³-hybridized carbons (Fsp3) is 0.353. The molecule has 2 saturated heterocycles. The van der Waals surface area contributed by atoms with Crippen molar-refractivity contribution in [1.29, 1.82) is 0 Å². The fourth-order valence-corrected chi connectivity index (χ4v) is 4.36. The van der Waals surface area contributed by atoms with Gasteiger partial charge in [0, 0.05) is 42.9 Å². The van der Waals surface area contributed by atoms with E-state index >= 15 is 0 Å². The van der Waals surface area contributed by atoms with E-state index in [0.29, 0.717) is 30.4 Å². The molecule has 1 aromatic carbocycles. The number of amides is 1. The quantitative estimate of drug-likeness (QED) is 0.548. The summed E-state index contributed by atoms with van der Waals surface area (Å²) < 4.78 is 13.0. The van der Waals surface area contributed by atoms with Gasteiger partial charge < -0.3 is 10.2 Å². The zero-order valence-electron chi connectivity index (χ0n) is 13.2. The van der Waals surface area contributed by atoms with Crippen LogP contribution < -0.4 is 15.7 Å². The minimum absolute atomic E-state index is 0.138. The smallest absolute Gasteiger partial charge is 0.277 e. The first-order valence-corrected chi connectivity index (χ1v) is 8.18. The third-order valence-electron chi connectivity index (χ3n) is 5.71. The number of carbonyl (C=O) groups excluding carboxylic acids is 1. The molecular weight excluding hydrogens is 325 g/mol. The molecule has 1 amide bonds. The number of halogens is 1. The minimum Gasteiger partial charge on any atom is -0.335 e. The zero-order chi connectivity index (χ0) is 17.2. The first kappa shape index (κ1) is 14.7. The molecule has 1 aromatic heterocycles. The summed E-state index contributed by atoms with van der Waals surface area (Å²) in [5.74, 6) is 0.980. The minimum atomic E-state index is -0.625. The fourth-order valence-electron chi connectivity index (χ4n) is 4.36. The van der Waals surface area contributed by atoms with E-state index in [1.54, 1.807) is 17.6 Å². The molecule has 25 heavy (non-hydrogen) atoms. The van der Waals surface area contributed by atoms with Crippen molar-refractivity contribution in [1.82, 2.24) is 20.8 Å². The Morgan fingerprint density at radius 1 is 1.32 bits per heavy atom. The van der Waals surface area contributed by atoms with Crippen LogP contribution in [-0.4, -0.2) is 39.2 Å². The van der Waals surface area contributed by atoms with Crippen LogP contribution in [0.25, 0.3) is 0 Å². The van der Waals surface area contributed by atoms with E-state index in [1.807, 2.05) is 0 Å². The summed E-state index contributed by atoms with van der Waals surface area (Å²) in [5, 5.41) is 12.3. The molecule has 6 rings (SSSR count). The molecular formula is C17H16FN5O2. The monoisotopic (exact) mass is 341 g/mol. The lowest BCUT2D eigenvalue weighted by Gasteiger charge is -2.17. The Morgan fingerprint density at radius 2 is 2.04 bits per heavy atom. The van der Waals surface area contributed by atoms with E-state index < -0.39 is 5.91 Å². The number of fused-ring (bicyclic) bond motifs is 1. The van der Waals surface area contributed by atoms with Crippen LogP contribution in [0.2, 0.25) is 0 Å². The highest BCUT2D eigenvalue weighted by Crippen LogP contribution is 2.78. The van der Waals surface area contributed by atoms with Crippen LogP contribution in [0, 0.1) is 17.7 Å². The number of rotatable bonds is 5. The molecule has 2 aromatic rings. The number of hydrogen-bond donors (Lipinski definition) is 3. The summed E-state index contributed by atoms with van der Waals surface area (Å²) in [6.07, 6.45) is 2.83. The topological polar surface area (TPSA) is 90.4 Å². The predicted octanol–water partition coefficient (Wildman–Crippen LogP) is 0.712. The lowest BCUT2D eigenvalue weighted by Crippen LogP contribution is -2.33. The van der Waals surface area contributed by atoms with Gasteiger partial charge in [-0.05, 0) is 17.7 Å². The SMILES string of the molecule is O=C(NO)c1cnc(N2CC3C4C2C34NCc2ccc(F)cc2)nc1. The molecule has 4 fully saturated rings. The molecule has 2 saturated carbocycles. The number of hydroxylamine groups is 1. The molecule has 2 aliphatic heterocycles. The second-order valence-corrected chi connectivity index (χ2v) is 6.86. The van der Waals surface area contributed by atoms with Crippen molar-refractivity contribution in [2.45, 2.75) is 18.1 Å². The van der Waals surface area contributed by atoms with Crippen molar-refractivity contribution < 1.29 is 14.4 Å². The van der Waals surface area contributed by atoms with E-state index in [9.17, 15) is 9.18 Å². The van der Waals surface area contributed by atoms with Crippen LogP contribution in [0.1, 0.15) is 15.9 Å². The Hall–Kier alpha value is -2.58. The Kier molecular flexibility index (Phi) is 2.93. The van der Waals surface area contributed by atoms with E-state index in [-0.39, 0.29) is 16.9 Å². The van der Waals surface area contributed by atoms with Gasteiger partial charge in [0.1, 0.15) is 5.82 Å². The second kappa shape index (κ2) is 4.96. The number of anilines is 1. The third-order valence-corrected chi connectivity index (χ3v) is 5.71. The van der Waals surface area contributed by atoms with Gasteiger partial charge in [0.15, 0.2) is 0 Å². The first-order valence-electron chi connectivity index (χ1n) is 8.18. The lowest BCUT2D eigenvalue weighted by atomic mass is 10.1. The number of aromatic nitrogens is 2. The van der Waals surface area contributed by atoms with Gasteiger partial charge in [-0.25, -0.2) is 19.8 Å². The number of hydrogen-bond acceptors (Lipinski definition) is 6. The first-order chi connectivity index (χ1) is 12.1. The predicted molar refractivity (Wildman–Crippen MR) is 85.4 cm³/mol. The highest BCUT2D eigenvalue weighted by atomic mass is 19.1. The van der Waals surface area contributed by atoms with Crippen molar-refractivity contribution in [2.24, 2.45) is 11.8 Å². The van der Waals surface area contributed by atoms with Crippen LogP contribution >= 0.6 is 0 Å². The summed E-state index contributed by atoms with van der Waals surface area (Å²) >= 11 is 0. The van der Waals surface area contributed by atoms with Crippen LogP contribution in [0.3, 0.4) is 0 Å². The second-order valence-electron chi connectivity index (χ2n) is 6.86. The molecule has 3 N–H and O–H groups in total. The number of benzene rings is 1. The van der Waals surface area contributed by atoms with Gasteiger partial charge >= 0.3 is 0 Å². The van der Waals surface area contributed by atoms with Crippen molar-refractivity contribution in [3.05, 3.63) is 53.6 Å². The molecule has 8 heteroatoms. The largest absolute Gasteiger partial charge is 0.335 e. The molecule has 0 radical (unpaired) electrons. The van der Waals surface area contributed by atoms with Gasteiger partial charge in [0.05, 0.1) is 11.6 Å². The maximum absolute atomic E-state index is 13.0.